The molecule has 0 aromatic heterocycles. The SMILES string of the molecule is CCC(C)CCCCCCCCCCCCCCCCC(=O)OC[C@H](COP(=O)(O)OC[C@@H](O)COP(=O)(O)OC[C@@H](COC(=O)CCCCCCCCC(C)C)OC(=O)CCCCCCCCCCCCCCCCC(C)CC)OC(=O)CCCCCCCCCCCCCCCCCCCCC(C)C. The van der Waals surface area contributed by atoms with Gasteiger partial charge in [0.05, 0.1) is 26.4 Å². The first-order chi connectivity index (χ1) is 51.2. The fourth-order valence-electron chi connectivity index (χ4n) is 13.4. The molecule has 0 heterocycles. The fraction of sp³-hybridized carbons (Fsp3) is 0.954. The number of ether oxygens (including phenoxy) is 4. The maximum Gasteiger partial charge on any atom is 0.472 e. The minimum Gasteiger partial charge on any atom is -0.462 e. The van der Waals surface area contributed by atoms with Crippen molar-refractivity contribution in [1.82, 2.24) is 0 Å². The third kappa shape index (κ3) is 77.4. The Morgan fingerprint density at radius 3 is 0.670 bits per heavy atom. The van der Waals surface area contributed by atoms with Crippen molar-refractivity contribution in [2.24, 2.45) is 23.7 Å². The Hall–Kier alpha value is -1.94. The lowest BCUT2D eigenvalue weighted by Gasteiger charge is -2.21. The van der Waals surface area contributed by atoms with Gasteiger partial charge in [0.1, 0.15) is 19.3 Å². The van der Waals surface area contributed by atoms with Gasteiger partial charge in [0.15, 0.2) is 12.2 Å². The molecule has 106 heavy (non-hydrogen) atoms. The van der Waals surface area contributed by atoms with Crippen molar-refractivity contribution in [1.29, 1.82) is 0 Å². The number of aliphatic hydroxyl groups excluding tert-OH is 1. The molecule has 0 saturated carbocycles. The number of unbranched alkanes of at least 4 members (excludes halogenated alkanes) is 48. The van der Waals surface area contributed by atoms with E-state index in [9.17, 15) is 43.2 Å². The zero-order valence-corrected chi connectivity index (χ0v) is 71.9. The Kier molecular flexibility index (Phi) is 74.3. The van der Waals surface area contributed by atoms with Crippen LogP contribution in [0.3, 0.4) is 0 Å². The van der Waals surface area contributed by atoms with Crippen LogP contribution in [0.1, 0.15) is 453 Å². The van der Waals surface area contributed by atoms with Crippen molar-refractivity contribution in [2.45, 2.75) is 472 Å². The maximum atomic E-state index is 13.2. The predicted octanol–water partition coefficient (Wildman–Crippen LogP) is 26.3. The molecule has 0 aromatic rings. The van der Waals surface area contributed by atoms with Crippen LogP contribution in [-0.4, -0.2) is 96.7 Å². The van der Waals surface area contributed by atoms with Gasteiger partial charge in [-0.25, -0.2) is 9.13 Å². The molecular weight excluding hydrogens is 1380 g/mol. The van der Waals surface area contributed by atoms with E-state index in [-0.39, 0.29) is 25.7 Å². The maximum absolute atomic E-state index is 13.2. The summed E-state index contributed by atoms with van der Waals surface area (Å²) in [5, 5.41) is 10.7. The van der Waals surface area contributed by atoms with E-state index >= 15 is 0 Å². The molecule has 0 amide bonds. The summed E-state index contributed by atoms with van der Waals surface area (Å²) >= 11 is 0. The molecule has 0 fully saturated rings. The molecule has 0 saturated heterocycles. The monoisotopic (exact) mass is 1550 g/mol. The largest absolute Gasteiger partial charge is 0.472 e. The topological polar surface area (TPSA) is 237 Å². The highest BCUT2D eigenvalue weighted by molar-refractivity contribution is 7.47. The number of carbonyl (C=O) groups excluding carboxylic acids is 4. The average molecular weight is 1550 g/mol. The average Bonchev–Trinajstić information content (AvgIpc) is 0.901. The van der Waals surface area contributed by atoms with Crippen LogP contribution in [0.5, 0.6) is 0 Å². The molecule has 7 atom stereocenters. The van der Waals surface area contributed by atoms with Gasteiger partial charge in [-0.05, 0) is 49.4 Å². The van der Waals surface area contributed by atoms with E-state index in [2.05, 4.69) is 55.4 Å². The van der Waals surface area contributed by atoms with Gasteiger partial charge in [0.25, 0.3) is 0 Å². The molecule has 0 radical (unpaired) electrons. The van der Waals surface area contributed by atoms with Crippen molar-refractivity contribution in [2.75, 3.05) is 39.6 Å². The highest BCUT2D eigenvalue weighted by atomic mass is 31.2. The molecule has 3 N–H and O–H groups in total. The third-order valence-electron chi connectivity index (χ3n) is 21.0. The Labute approximate surface area is 651 Å². The first kappa shape index (κ1) is 104. The Morgan fingerprint density at radius 2 is 0.453 bits per heavy atom. The van der Waals surface area contributed by atoms with E-state index in [0.717, 1.165) is 114 Å². The second kappa shape index (κ2) is 75.7. The van der Waals surface area contributed by atoms with E-state index in [4.69, 9.17) is 37.0 Å². The van der Waals surface area contributed by atoms with Crippen LogP contribution < -0.4 is 0 Å². The smallest absolute Gasteiger partial charge is 0.462 e. The fourth-order valence-corrected chi connectivity index (χ4v) is 15.0. The molecule has 0 spiro atoms. The minimum atomic E-state index is -4.97. The number of aliphatic hydroxyl groups is 1. The second-order valence-electron chi connectivity index (χ2n) is 32.7. The van der Waals surface area contributed by atoms with Gasteiger partial charge < -0.3 is 33.8 Å². The van der Waals surface area contributed by atoms with E-state index in [0.29, 0.717) is 31.6 Å². The summed E-state index contributed by atoms with van der Waals surface area (Å²) in [5.74, 6) is 1.09. The predicted molar refractivity (Wildman–Crippen MR) is 437 cm³/mol. The standard InChI is InChI=1S/C87H170O17P2/c1-9-79(7)65-57-49-40-34-28-22-17-19-24-30-36-42-51-59-67-84(89)97-73-82(103-86(91)69-61-53-43-37-31-25-16-14-12-11-13-15-21-27-33-39-47-55-63-77(3)4)75-101-105(93,94)99-71-81(88)72-100-106(95,96)102-76-83(74-98-85(90)68-60-52-46-45-48-56-64-78(5)6)104-87(92)70-62-54-44-38-32-26-20-18-23-29-35-41-50-58-66-80(8)10-2/h77-83,88H,9-76H2,1-8H3,(H,93,94)(H,95,96)/t79?,80?,81-,82-,83-/m1/s1. The highest BCUT2D eigenvalue weighted by Gasteiger charge is 2.31. The number of esters is 4. The number of rotatable bonds is 84. The van der Waals surface area contributed by atoms with Crippen molar-refractivity contribution >= 4 is 39.5 Å². The molecule has 19 heteroatoms. The van der Waals surface area contributed by atoms with E-state index in [1.165, 1.54) is 250 Å². The van der Waals surface area contributed by atoms with Gasteiger partial charge in [-0.2, -0.15) is 0 Å². The summed E-state index contributed by atoms with van der Waals surface area (Å²) in [6.07, 6.45) is 65.3. The quantitative estimate of drug-likeness (QED) is 0.0222. The van der Waals surface area contributed by atoms with Crippen LogP contribution in [0.25, 0.3) is 0 Å². The van der Waals surface area contributed by atoms with Crippen LogP contribution in [0.15, 0.2) is 0 Å². The Bertz CT molecular complexity index is 2060. The van der Waals surface area contributed by atoms with Crippen LogP contribution >= 0.6 is 15.6 Å². The molecule has 630 valence electrons. The summed E-state index contributed by atoms with van der Waals surface area (Å²) < 4.78 is 68.9. The zero-order valence-electron chi connectivity index (χ0n) is 70.1. The van der Waals surface area contributed by atoms with Gasteiger partial charge in [-0.1, -0.05) is 402 Å². The number of hydrogen-bond donors (Lipinski definition) is 3. The third-order valence-corrected chi connectivity index (χ3v) is 22.9. The van der Waals surface area contributed by atoms with Crippen molar-refractivity contribution < 1.29 is 80.2 Å². The van der Waals surface area contributed by atoms with Crippen LogP contribution in [0, 0.1) is 23.7 Å². The van der Waals surface area contributed by atoms with Crippen LogP contribution in [-0.2, 0) is 65.4 Å². The molecule has 17 nitrogen and oxygen atoms in total. The van der Waals surface area contributed by atoms with E-state index in [1.807, 2.05) is 0 Å². The Balaban J connectivity index is 5.22. The van der Waals surface area contributed by atoms with Gasteiger partial charge in [0, 0.05) is 25.7 Å². The van der Waals surface area contributed by atoms with Gasteiger partial charge in [-0.15, -0.1) is 0 Å². The molecule has 0 rings (SSSR count). The first-order valence-electron chi connectivity index (χ1n) is 44.8. The summed E-state index contributed by atoms with van der Waals surface area (Å²) in [6.45, 7) is 14.4. The second-order valence-corrected chi connectivity index (χ2v) is 35.6. The van der Waals surface area contributed by atoms with Crippen molar-refractivity contribution in [3.8, 4) is 0 Å². The minimum absolute atomic E-state index is 0.106. The number of phosphoric acid groups is 2. The lowest BCUT2D eigenvalue weighted by Crippen LogP contribution is -2.30. The molecule has 0 bridgehead atoms. The number of carbonyl (C=O) groups is 4. The molecule has 0 aliphatic rings. The molecule has 0 aliphatic carbocycles. The number of hydrogen-bond acceptors (Lipinski definition) is 15. The lowest BCUT2D eigenvalue weighted by molar-refractivity contribution is -0.161. The normalized spacial score (nSPS) is 14.4. The molecule has 0 aliphatic heterocycles. The summed E-state index contributed by atoms with van der Waals surface area (Å²) in [7, 11) is -9.93. The summed E-state index contributed by atoms with van der Waals surface area (Å²) in [6, 6.07) is 0. The summed E-state index contributed by atoms with van der Waals surface area (Å²) in [5.41, 5.74) is 0. The van der Waals surface area contributed by atoms with Crippen molar-refractivity contribution in [3.05, 3.63) is 0 Å². The van der Waals surface area contributed by atoms with E-state index in [1.54, 1.807) is 0 Å². The Morgan fingerprint density at radius 1 is 0.264 bits per heavy atom. The van der Waals surface area contributed by atoms with E-state index < -0.39 is 97.5 Å². The zero-order chi connectivity index (χ0) is 78.1. The van der Waals surface area contributed by atoms with Crippen LogP contribution in [0.2, 0.25) is 0 Å². The molecular formula is C87H170O17P2. The lowest BCUT2D eigenvalue weighted by atomic mass is 9.99. The number of phosphoric ester groups is 2. The van der Waals surface area contributed by atoms with Gasteiger partial charge >= 0.3 is 39.5 Å². The molecule has 0 aromatic carbocycles. The first-order valence-corrected chi connectivity index (χ1v) is 47.8. The van der Waals surface area contributed by atoms with Crippen LogP contribution in [0.4, 0.5) is 0 Å². The van der Waals surface area contributed by atoms with Gasteiger partial charge in [0.2, 0.25) is 0 Å². The summed E-state index contributed by atoms with van der Waals surface area (Å²) in [4.78, 5) is 73.2. The highest BCUT2D eigenvalue weighted by Crippen LogP contribution is 2.45. The van der Waals surface area contributed by atoms with Gasteiger partial charge in [-0.3, -0.25) is 37.3 Å². The van der Waals surface area contributed by atoms with Crippen molar-refractivity contribution in [3.63, 3.8) is 0 Å². The molecule has 4 unspecified atom stereocenters.